The van der Waals surface area contributed by atoms with Crippen LogP contribution < -0.4 is 14.5 Å². The number of hydrogen-bond acceptors (Lipinski definition) is 6. The van der Waals surface area contributed by atoms with Gasteiger partial charge in [-0.3, -0.25) is 0 Å². The van der Waals surface area contributed by atoms with Gasteiger partial charge in [0.1, 0.15) is 5.75 Å². The molecule has 1 aromatic heterocycles. The van der Waals surface area contributed by atoms with Crippen LogP contribution in [0.15, 0.2) is 54.6 Å². The Kier molecular flexibility index (Phi) is 4.84. The lowest BCUT2D eigenvalue weighted by molar-refractivity contribution is 0.0690. The van der Waals surface area contributed by atoms with E-state index in [1.54, 1.807) is 13.2 Å². The van der Waals surface area contributed by atoms with Crippen molar-refractivity contribution in [2.24, 2.45) is 0 Å². The highest BCUT2D eigenvalue weighted by molar-refractivity contribution is 5.91. The third-order valence-corrected chi connectivity index (χ3v) is 4.78. The van der Waals surface area contributed by atoms with Crippen LogP contribution in [-0.4, -0.2) is 59.4 Å². The molecule has 0 bridgehead atoms. The van der Waals surface area contributed by atoms with Crippen molar-refractivity contribution in [1.29, 1.82) is 0 Å². The summed E-state index contributed by atoms with van der Waals surface area (Å²) in [6.45, 7) is 2.92. The second-order valence-electron chi connectivity index (χ2n) is 6.48. The second-order valence-corrected chi connectivity index (χ2v) is 6.48. The summed E-state index contributed by atoms with van der Waals surface area (Å²) >= 11 is 0. The maximum atomic E-state index is 11.7. The Labute approximate surface area is 162 Å². The number of hydrogen-bond donors (Lipinski definition) is 1. The number of ether oxygens (including phenoxy) is 1. The molecule has 4 rings (SSSR count). The number of piperazine rings is 1. The summed E-state index contributed by atoms with van der Waals surface area (Å²) in [5, 5.41) is 18.3. The number of carboxylic acid groups (broad SMARTS) is 1. The van der Waals surface area contributed by atoms with Gasteiger partial charge < -0.3 is 19.6 Å². The first-order chi connectivity index (χ1) is 13.7. The minimum Gasteiger partial charge on any atom is -0.497 e. The lowest BCUT2D eigenvalue weighted by Gasteiger charge is -2.36. The van der Waals surface area contributed by atoms with E-state index < -0.39 is 5.97 Å². The van der Waals surface area contributed by atoms with Crippen LogP contribution in [0.5, 0.6) is 5.75 Å². The Hall–Kier alpha value is -3.55. The summed E-state index contributed by atoms with van der Waals surface area (Å²) in [5.41, 5.74) is 1.77. The fraction of sp³-hybridized carbons (Fsp3) is 0.250. The molecule has 144 valence electrons. The number of aromatic carboxylic acids is 1. The Balaban J connectivity index is 1.57. The molecule has 1 N–H and O–H groups in total. The molecule has 3 aromatic rings. The third-order valence-electron chi connectivity index (χ3n) is 4.78. The molecule has 0 amide bonds. The maximum Gasteiger partial charge on any atom is 0.360 e. The van der Waals surface area contributed by atoms with Crippen molar-refractivity contribution in [3.8, 4) is 11.4 Å². The fourth-order valence-electron chi connectivity index (χ4n) is 3.32. The number of aromatic nitrogens is 3. The van der Waals surface area contributed by atoms with E-state index in [9.17, 15) is 9.90 Å². The van der Waals surface area contributed by atoms with Gasteiger partial charge in [-0.1, -0.05) is 24.3 Å². The predicted molar refractivity (Wildman–Crippen MR) is 106 cm³/mol. The van der Waals surface area contributed by atoms with Crippen LogP contribution in [-0.2, 0) is 0 Å². The first kappa shape index (κ1) is 17.8. The third kappa shape index (κ3) is 3.48. The maximum absolute atomic E-state index is 11.7. The SMILES string of the molecule is COc1cccc(-n2nc(C(=O)O)c(N3CCN(c4ccccc4)CC3)n2)c1. The Bertz CT molecular complexity index is 965. The number of carboxylic acids is 1. The molecule has 8 nitrogen and oxygen atoms in total. The second kappa shape index (κ2) is 7.59. The summed E-state index contributed by atoms with van der Waals surface area (Å²) in [6, 6.07) is 17.4. The van der Waals surface area contributed by atoms with Crippen molar-refractivity contribution in [2.75, 3.05) is 43.1 Å². The first-order valence-corrected chi connectivity index (χ1v) is 9.06. The lowest BCUT2D eigenvalue weighted by Crippen LogP contribution is -2.47. The van der Waals surface area contributed by atoms with Crippen LogP contribution in [0, 0.1) is 0 Å². The number of carbonyl (C=O) groups is 1. The fourth-order valence-corrected chi connectivity index (χ4v) is 3.32. The number of anilines is 2. The number of para-hydroxylation sites is 1. The largest absolute Gasteiger partial charge is 0.497 e. The average Bonchev–Trinajstić information content (AvgIpc) is 3.20. The first-order valence-electron chi connectivity index (χ1n) is 9.06. The molecular formula is C20H21N5O3. The van der Waals surface area contributed by atoms with Gasteiger partial charge in [-0.25, -0.2) is 4.79 Å². The molecule has 28 heavy (non-hydrogen) atoms. The molecule has 1 aliphatic rings. The summed E-state index contributed by atoms with van der Waals surface area (Å²) in [6.07, 6.45) is 0. The molecule has 0 atom stereocenters. The molecule has 2 aromatic carbocycles. The van der Waals surface area contributed by atoms with Gasteiger partial charge in [-0.15, -0.1) is 15.0 Å². The van der Waals surface area contributed by atoms with Crippen LogP contribution >= 0.6 is 0 Å². The minimum absolute atomic E-state index is 0.0454. The van der Waals surface area contributed by atoms with E-state index in [1.165, 1.54) is 10.5 Å². The molecule has 8 heteroatoms. The number of benzene rings is 2. The van der Waals surface area contributed by atoms with Gasteiger partial charge in [-0.05, 0) is 24.3 Å². The summed E-state index contributed by atoms with van der Waals surface area (Å²) in [7, 11) is 1.58. The van der Waals surface area contributed by atoms with Crippen molar-refractivity contribution in [2.45, 2.75) is 0 Å². The van der Waals surface area contributed by atoms with Gasteiger partial charge >= 0.3 is 5.97 Å². The van der Waals surface area contributed by atoms with Gasteiger partial charge in [0, 0.05) is 37.9 Å². The normalized spacial score (nSPS) is 14.2. The Morgan fingerprint density at radius 1 is 0.929 bits per heavy atom. The van der Waals surface area contributed by atoms with E-state index in [1.807, 2.05) is 41.3 Å². The Morgan fingerprint density at radius 2 is 1.61 bits per heavy atom. The van der Waals surface area contributed by atoms with Crippen LogP contribution in [0.2, 0.25) is 0 Å². The highest BCUT2D eigenvalue weighted by atomic mass is 16.5. The van der Waals surface area contributed by atoms with Crippen LogP contribution in [0.4, 0.5) is 11.5 Å². The summed E-state index contributed by atoms with van der Waals surface area (Å²) < 4.78 is 5.23. The number of methoxy groups -OCH3 is 1. The molecule has 0 aliphatic carbocycles. The zero-order chi connectivity index (χ0) is 19.5. The summed E-state index contributed by atoms with van der Waals surface area (Å²) in [5.74, 6) is -0.0395. The highest BCUT2D eigenvalue weighted by Crippen LogP contribution is 2.23. The van der Waals surface area contributed by atoms with E-state index in [-0.39, 0.29) is 5.69 Å². The van der Waals surface area contributed by atoms with Gasteiger partial charge in [0.05, 0.1) is 12.8 Å². The molecule has 1 aliphatic heterocycles. The molecular weight excluding hydrogens is 358 g/mol. The predicted octanol–water partition coefficient (Wildman–Crippen LogP) is 2.30. The topological polar surface area (TPSA) is 83.7 Å². The van der Waals surface area contributed by atoms with Crippen LogP contribution in [0.25, 0.3) is 5.69 Å². The molecule has 1 saturated heterocycles. The van der Waals surface area contributed by atoms with Gasteiger partial charge in [0.25, 0.3) is 0 Å². The van der Waals surface area contributed by atoms with Crippen LogP contribution in [0.3, 0.4) is 0 Å². The van der Waals surface area contributed by atoms with Crippen LogP contribution in [0.1, 0.15) is 10.5 Å². The van der Waals surface area contributed by atoms with E-state index in [0.29, 0.717) is 30.3 Å². The van der Waals surface area contributed by atoms with Gasteiger partial charge in [0.2, 0.25) is 5.69 Å². The van der Waals surface area contributed by atoms with Crippen molar-refractivity contribution < 1.29 is 14.6 Å². The molecule has 0 spiro atoms. The molecule has 0 saturated carbocycles. The van der Waals surface area contributed by atoms with Crippen molar-refractivity contribution in [3.63, 3.8) is 0 Å². The lowest BCUT2D eigenvalue weighted by atomic mass is 10.2. The number of nitrogens with zero attached hydrogens (tertiary/aromatic N) is 5. The van der Waals surface area contributed by atoms with Crippen molar-refractivity contribution in [3.05, 3.63) is 60.3 Å². The zero-order valence-electron chi connectivity index (χ0n) is 15.5. The molecule has 0 unspecified atom stereocenters. The van der Waals surface area contributed by atoms with Gasteiger partial charge in [0.15, 0.2) is 5.82 Å². The average molecular weight is 379 g/mol. The molecule has 0 radical (unpaired) electrons. The van der Waals surface area contributed by atoms with Gasteiger partial charge in [-0.2, -0.15) is 0 Å². The monoisotopic (exact) mass is 379 g/mol. The Morgan fingerprint density at radius 3 is 2.29 bits per heavy atom. The smallest absolute Gasteiger partial charge is 0.360 e. The standard InChI is InChI=1S/C20H21N5O3/c1-28-17-9-5-8-16(14-17)25-21-18(20(26)27)19(22-25)24-12-10-23(11-13-24)15-6-3-2-4-7-15/h2-9,14H,10-13H2,1H3,(H,26,27). The number of rotatable bonds is 5. The summed E-state index contributed by atoms with van der Waals surface area (Å²) in [4.78, 5) is 17.4. The molecule has 1 fully saturated rings. The van der Waals surface area contributed by atoms with E-state index in [4.69, 9.17) is 4.74 Å². The van der Waals surface area contributed by atoms with E-state index in [0.717, 1.165) is 13.1 Å². The molecule has 2 heterocycles. The highest BCUT2D eigenvalue weighted by Gasteiger charge is 2.26. The van der Waals surface area contributed by atoms with Crippen molar-refractivity contribution >= 4 is 17.5 Å². The minimum atomic E-state index is -1.09. The van der Waals surface area contributed by atoms with Crippen molar-refractivity contribution in [1.82, 2.24) is 15.0 Å². The quantitative estimate of drug-likeness (QED) is 0.728. The van der Waals surface area contributed by atoms with E-state index >= 15 is 0 Å². The zero-order valence-corrected chi connectivity index (χ0v) is 15.5. The van der Waals surface area contributed by atoms with E-state index in [2.05, 4.69) is 27.2 Å².